The summed E-state index contributed by atoms with van der Waals surface area (Å²) < 4.78 is 1.83. The first-order valence-corrected chi connectivity index (χ1v) is 13.2. The average molecular weight is 535 g/mol. The summed E-state index contributed by atoms with van der Waals surface area (Å²) in [6.07, 6.45) is 3.34. The molecule has 0 saturated heterocycles. The summed E-state index contributed by atoms with van der Waals surface area (Å²) in [4.78, 5) is 36.0. The maximum absolute atomic E-state index is 12.5. The molecule has 2 amide bonds. The first kappa shape index (κ1) is 25.1. The number of halogens is 1. The van der Waals surface area contributed by atoms with Crippen molar-refractivity contribution in [1.29, 1.82) is 0 Å². The van der Waals surface area contributed by atoms with Gasteiger partial charge in [-0.25, -0.2) is 9.67 Å². The Labute approximate surface area is 224 Å². The Morgan fingerprint density at radius 3 is 2.57 bits per heavy atom. The van der Waals surface area contributed by atoms with E-state index in [4.69, 9.17) is 16.7 Å². The van der Waals surface area contributed by atoms with Gasteiger partial charge >= 0.3 is 0 Å². The normalized spacial score (nSPS) is 12.3. The molecule has 8 nitrogen and oxygen atoms in total. The van der Waals surface area contributed by atoms with E-state index < -0.39 is 0 Å². The number of aryl methyl sites for hydroxylation is 1. The Morgan fingerprint density at radius 2 is 1.95 bits per heavy atom. The lowest BCUT2D eigenvalue weighted by Gasteiger charge is -2.16. The van der Waals surface area contributed by atoms with Gasteiger partial charge in [0, 0.05) is 49.6 Å². The maximum atomic E-state index is 12.5. The van der Waals surface area contributed by atoms with E-state index >= 15 is 0 Å². The van der Waals surface area contributed by atoms with Crippen LogP contribution in [0.25, 0.3) is 27.5 Å². The van der Waals surface area contributed by atoms with Crippen molar-refractivity contribution in [3.05, 3.63) is 64.1 Å². The number of hydrogen-bond donors (Lipinski definition) is 1. The van der Waals surface area contributed by atoms with E-state index in [-0.39, 0.29) is 11.8 Å². The smallest absolute Gasteiger partial charge is 0.253 e. The van der Waals surface area contributed by atoms with Crippen molar-refractivity contribution in [3.63, 3.8) is 0 Å². The zero-order valence-electron chi connectivity index (χ0n) is 21.3. The van der Waals surface area contributed by atoms with Crippen molar-refractivity contribution in [2.75, 3.05) is 19.4 Å². The van der Waals surface area contributed by atoms with Gasteiger partial charge < -0.3 is 10.2 Å². The van der Waals surface area contributed by atoms with Crippen LogP contribution in [0, 0.1) is 0 Å². The van der Waals surface area contributed by atoms with Crippen LogP contribution >= 0.6 is 22.9 Å². The second kappa shape index (κ2) is 9.72. The molecule has 37 heavy (non-hydrogen) atoms. The molecular formula is C27H27ClN6O2S. The fourth-order valence-corrected chi connectivity index (χ4v) is 5.81. The highest BCUT2D eigenvalue weighted by atomic mass is 35.5. The van der Waals surface area contributed by atoms with Crippen LogP contribution in [0.2, 0.25) is 5.02 Å². The lowest BCUT2D eigenvalue weighted by Crippen LogP contribution is -2.21. The molecule has 1 N–H and O–H groups in total. The molecule has 3 heterocycles. The van der Waals surface area contributed by atoms with Crippen LogP contribution in [-0.4, -0.2) is 50.6 Å². The quantitative estimate of drug-likeness (QED) is 0.360. The number of anilines is 1. The number of amides is 2. The van der Waals surface area contributed by atoms with Gasteiger partial charge in [0.05, 0.1) is 32.7 Å². The van der Waals surface area contributed by atoms with Gasteiger partial charge in [-0.05, 0) is 49.1 Å². The number of carbonyl (C=O) groups is 2. The third-order valence-corrected chi connectivity index (χ3v) is 7.59. The molecular weight excluding hydrogens is 508 g/mol. The number of fused-ring (bicyclic) bond motifs is 3. The van der Waals surface area contributed by atoms with Crippen molar-refractivity contribution in [2.24, 2.45) is 0 Å². The molecule has 3 aromatic heterocycles. The minimum absolute atomic E-state index is 0.127. The third-order valence-electron chi connectivity index (χ3n) is 6.27. The van der Waals surface area contributed by atoms with Gasteiger partial charge in [-0.15, -0.1) is 0 Å². The molecule has 0 fully saturated rings. The first-order chi connectivity index (χ1) is 17.6. The molecule has 1 aliphatic rings. The summed E-state index contributed by atoms with van der Waals surface area (Å²) in [6, 6.07) is 9.34. The summed E-state index contributed by atoms with van der Waals surface area (Å²) in [7, 11) is 3.41. The second-order valence-corrected chi connectivity index (χ2v) is 11.0. The SMILES string of the molecule is CC(=O)Nc1nc2c(s1)-c1c(c(-c3ccc(C(C)C)nc3)nn1-c1ccc(C(=O)N(C)C)cc1Cl)CC2. The highest BCUT2D eigenvalue weighted by molar-refractivity contribution is 7.19. The average Bonchev–Trinajstić information content (AvgIpc) is 3.44. The highest BCUT2D eigenvalue weighted by Crippen LogP contribution is 2.44. The van der Waals surface area contributed by atoms with Gasteiger partial charge in [0.1, 0.15) is 0 Å². The molecule has 10 heteroatoms. The van der Waals surface area contributed by atoms with Crippen LogP contribution in [0.3, 0.4) is 0 Å². The van der Waals surface area contributed by atoms with Crippen molar-refractivity contribution in [2.45, 2.75) is 39.5 Å². The summed E-state index contributed by atoms with van der Waals surface area (Å²) in [5, 5.41) is 8.81. The summed E-state index contributed by atoms with van der Waals surface area (Å²) in [6.45, 7) is 5.70. The van der Waals surface area contributed by atoms with E-state index in [2.05, 4.69) is 35.2 Å². The van der Waals surface area contributed by atoms with Crippen molar-refractivity contribution in [1.82, 2.24) is 24.6 Å². The zero-order valence-corrected chi connectivity index (χ0v) is 22.9. The number of aromatic nitrogens is 4. The Hall–Kier alpha value is -3.56. The molecule has 0 radical (unpaired) electrons. The number of rotatable bonds is 5. The summed E-state index contributed by atoms with van der Waals surface area (Å²) in [5.74, 6) is 0.0355. The van der Waals surface area contributed by atoms with E-state index in [9.17, 15) is 9.59 Å². The fourth-order valence-electron chi connectivity index (χ4n) is 4.44. The van der Waals surface area contributed by atoms with Gasteiger partial charge in [0.15, 0.2) is 5.13 Å². The molecule has 190 valence electrons. The molecule has 0 saturated carbocycles. The third kappa shape index (κ3) is 4.65. The summed E-state index contributed by atoms with van der Waals surface area (Å²) >= 11 is 8.18. The highest BCUT2D eigenvalue weighted by Gasteiger charge is 2.30. The van der Waals surface area contributed by atoms with Gasteiger partial charge in [-0.3, -0.25) is 14.6 Å². The molecule has 0 spiro atoms. The molecule has 0 unspecified atom stereocenters. The van der Waals surface area contributed by atoms with E-state index in [1.54, 1.807) is 26.2 Å². The standard InChI is InChI=1S/C27H27ClN6O2S/c1-14(2)20-9-6-17(13-29-20)23-18-8-10-21-25(37-27(31-21)30-15(3)35)24(18)34(32-23)22-11-7-16(12-19(22)28)26(36)33(4)5/h6-7,9,11-14H,8,10H2,1-5H3,(H,30,31,35). The number of carbonyl (C=O) groups excluding carboxylic acids is 2. The van der Waals surface area contributed by atoms with Crippen LogP contribution in [0.5, 0.6) is 0 Å². The van der Waals surface area contributed by atoms with E-state index in [1.165, 1.54) is 23.2 Å². The molecule has 4 aromatic rings. The van der Waals surface area contributed by atoms with Crippen LogP contribution < -0.4 is 5.32 Å². The minimum atomic E-state index is -0.166. The Balaban J connectivity index is 1.70. The number of hydrogen-bond acceptors (Lipinski definition) is 6. The second-order valence-electron chi connectivity index (χ2n) is 9.56. The Bertz CT molecular complexity index is 1520. The van der Waals surface area contributed by atoms with Gasteiger partial charge in [-0.2, -0.15) is 5.10 Å². The lowest BCUT2D eigenvalue weighted by molar-refractivity contribution is -0.114. The topological polar surface area (TPSA) is 93.0 Å². The molecule has 0 aliphatic heterocycles. The molecule has 0 atom stereocenters. The van der Waals surface area contributed by atoms with Crippen molar-refractivity contribution in [3.8, 4) is 27.5 Å². The molecule has 1 aromatic carbocycles. The molecule has 0 bridgehead atoms. The zero-order chi connectivity index (χ0) is 26.4. The fraction of sp³-hybridized carbons (Fsp3) is 0.296. The van der Waals surface area contributed by atoms with Gasteiger partial charge in [0.2, 0.25) is 5.91 Å². The predicted molar refractivity (Wildman–Crippen MR) is 147 cm³/mol. The van der Waals surface area contributed by atoms with Crippen LogP contribution in [0.4, 0.5) is 5.13 Å². The first-order valence-electron chi connectivity index (χ1n) is 12.0. The number of nitrogens with zero attached hydrogens (tertiary/aromatic N) is 5. The maximum Gasteiger partial charge on any atom is 0.253 e. The Kier molecular flexibility index (Phi) is 6.59. The number of nitrogens with one attached hydrogen (secondary N) is 1. The van der Waals surface area contributed by atoms with Gasteiger partial charge in [-0.1, -0.05) is 36.8 Å². The van der Waals surface area contributed by atoms with Crippen molar-refractivity contribution >= 4 is 39.9 Å². The minimum Gasteiger partial charge on any atom is -0.345 e. The lowest BCUT2D eigenvalue weighted by atomic mass is 9.95. The van der Waals surface area contributed by atoms with Crippen LogP contribution in [-0.2, 0) is 17.6 Å². The van der Waals surface area contributed by atoms with Crippen LogP contribution in [0.15, 0.2) is 36.5 Å². The predicted octanol–water partition coefficient (Wildman–Crippen LogP) is 5.59. The summed E-state index contributed by atoms with van der Waals surface area (Å²) in [5.41, 5.74) is 6.82. The van der Waals surface area contributed by atoms with Crippen LogP contribution in [0.1, 0.15) is 54.0 Å². The van der Waals surface area contributed by atoms with E-state index in [0.29, 0.717) is 27.3 Å². The number of pyridine rings is 1. The van der Waals surface area contributed by atoms with E-state index in [1.807, 2.05) is 23.0 Å². The molecule has 5 rings (SSSR count). The largest absolute Gasteiger partial charge is 0.345 e. The van der Waals surface area contributed by atoms with Crippen molar-refractivity contribution < 1.29 is 9.59 Å². The van der Waals surface area contributed by atoms with Gasteiger partial charge in [0.25, 0.3) is 5.91 Å². The monoisotopic (exact) mass is 534 g/mol. The molecule has 1 aliphatic carbocycles. The number of benzene rings is 1. The van der Waals surface area contributed by atoms with E-state index in [0.717, 1.165) is 51.6 Å². The number of thiazole rings is 1. The Morgan fingerprint density at radius 1 is 1.16 bits per heavy atom.